The fourth-order valence-corrected chi connectivity index (χ4v) is 3.16. The summed E-state index contributed by atoms with van der Waals surface area (Å²) in [6.45, 7) is 5.68. The Bertz CT molecular complexity index is 897. The Labute approximate surface area is 159 Å². The average molecular weight is 369 g/mol. The predicted octanol–water partition coefficient (Wildman–Crippen LogP) is 3.18. The van der Waals surface area contributed by atoms with Crippen LogP contribution in [0.2, 0.25) is 0 Å². The first-order valence-electron chi connectivity index (χ1n) is 9.33. The number of aryl methyl sites for hydroxylation is 1. The number of benzene rings is 1. The number of ether oxygens (including phenoxy) is 1. The maximum atomic E-state index is 12.3. The highest BCUT2D eigenvalue weighted by molar-refractivity contribution is 5.90. The van der Waals surface area contributed by atoms with Crippen molar-refractivity contribution in [3.05, 3.63) is 41.9 Å². The highest BCUT2D eigenvalue weighted by atomic mass is 16.5. The minimum absolute atomic E-state index is 0.0844. The van der Waals surface area contributed by atoms with Gasteiger partial charge in [-0.1, -0.05) is 32.0 Å². The van der Waals surface area contributed by atoms with Crippen LogP contribution in [-0.2, 0) is 28.9 Å². The first-order valence-corrected chi connectivity index (χ1v) is 9.33. The summed E-state index contributed by atoms with van der Waals surface area (Å²) in [5.41, 5.74) is 2.32. The molecule has 0 saturated carbocycles. The fraction of sp³-hybridized carbons (Fsp3) is 0.450. The Balaban J connectivity index is 1.62. The molecule has 0 aliphatic rings. The molecule has 0 aliphatic heterocycles. The van der Waals surface area contributed by atoms with Crippen LogP contribution in [0.15, 0.2) is 30.5 Å². The predicted molar refractivity (Wildman–Crippen MR) is 106 cm³/mol. The maximum Gasteiger partial charge on any atom is 0.248 e. The zero-order chi connectivity index (χ0) is 19.2. The summed E-state index contributed by atoms with van der Waals surface area (Å²) >= 11 is 0. The van der Waals surface area contributed by atoms with Gasteiger partial charge in [-0.25, -0.2) is 0 Å². The molecule has 3 rings (SSSR count). The summed E-state index contributed by atoms with van der Waals surface area (Å²) in [7, 11) is 1.70. The third kappa shape index (κ3) is 4.95. The lowest BCUT2D eigenvalue weighted by Crippen LogP contribution is -2.13. The smallest absolute Gasteiger partial charge is 0.248 e. The second-order valence-corrected chi connectivity index (χ2v) is 7.11. The molecule has 0 bridgehead atoms. The summed E-state index contributed by atoms with van der Waals surface area (Å²) in [4.78, 5) is 16.6. The van der Waals surface area contributed by atoms with E-state index in [-0.39, 0.29) is 5.91 Å². The number of carbonyl (C=O) groups is 1. The number of H-pyrrole nitrogens is 1. The van der Waals surface area contributed by atoms with Gasteiger partial charge >= 0.3 is 0 Å². The van der Waals surface area contributed by atoms with Crippen molar-refractivity contribution in [2.75, 3.05) is 19.0 Å². The first-order chi connectivity index (χ1) is 13.1. The van der Waals surface area contributed by atoms with Gasteiger partial charge in [-0.2, -0.15) is 4.98 Å². The Morgan fingerprint density at radius 1 is 1.33 bits per heavy atom. The number of carbonyl (C=O) groups excluding carboxylic acids is 1. The second kappa shape index (κ2) is 8.81. The molecule has 0 saturated heterocycles. The molecule has 0 radical (unpaired) electrons. The van der Waals surface area contributed by atoms with Gasteiger partial charge in [0.1, 0.15) is 5.82 Å². The average Bonchev–Trinajstić information content (AvgIpc) is 3.22. The number of methoxy groups -OCH3 is 1. The van der Waals surface area contributed by atoms with Gasteiger partial charge in [0, 0.05) is 43.6 Å². The molecule has 27 heavy (non-hydrogen) atoms. The lowest BCUT2D eigenvalue weighted by molar-refractivity contribution is -0.116. The lowest BCUT2D eigenvalue weighted by atomic mass is 10.1. The standard InChI is InChI=1S/C20H27N5O2/c1-14(2)12-18-21-20(24-23-18)22-19(26)9-8-15-13-25(10-11-27-3)17-7-5-4-6-16(15)17/h4-7,13-14H,8-12H2,1-3H3,(H2,21,22,23,24,26). The number of hydrogen-bond donors (Lipinski definition) is 2. The quantitative estimate of drug-likeness (QED) is 0.607. The van der Waals surface area contributed by atoms with Crippen molar-refractivity contribution in [1.29, 1.82) is 0 Å². The first kappa shape index (κ1) is 19.1. The second-order valence-electron chi connectivity index (χ2n) is 7.11. The zero-order valence-electron chi connectivity index (χ0n) is 16.2. The van der Waals surface area contributed by atoms with Crippen LogP contribution in [0.1, 0.15) is 31.7 Å². The molecular weight excluding hydrogens is 342 g/mol. The van der Waals surface area contributed by atoms with Crippen molar-refractivity contribution >= 4 is 22.8 Å². The number of hydrogen-bond acceptors (Lipinski definition) is 4. The molecule has 1 aromatic carbocycles. The van der Waals surface area contributed by atoms with E-state index in [9.17, 15) is 4.79 Å². The van der Waals surface area contributed by atoms with E-state index in [1.165, 1.54) is 5.39 Å². The van der Waals surface area contributed by atoms with Gasteiger partial charge in [0.2, 0.25) is 11.9 Å². The van der Waals surface area contributed by atoms with Gasteiger partial charge in [-0.15, -0.1) is 5.10 Å². The van der Waals surface area contributed by atoms with Crippen LogP contribution in [-0.4, -0.2) is 39.4 Å². The van der Waals surface area contributed by atoms with E-state index >= 15 is 0 Å². The van der Waals surface area contributed by atoms with Gasteiger partial charge in [0.05, 0.1) is 6.61 Å². The summed E-state index contributed by atoms with van der Waals surface area (Å²) in [6.07, 6.45) is 3.97. The molecule has 0 aliphatic carbocycles. The fourth-order valence-electron chi connectivity index (χ4n) is 3.16. The van der Waals surface area contributed by atoms with Crippen molar-refractivity contribution < 1.29 is 9.53 Å². The van der Waals surface area contributed by atoms with E-state index < -0.39 is 0 Å². The number of aromatic amines is 1. The number of amides is 1. The molecule has 2 heterocycles. The molecule has 0 atom stereocenters. The molecular formula is C20H27N5O2. The number of para-hydroxylation sites is 1. The van der Waals surface area contributed by atoms with Crippen LogP contribution >= 0.6 is 0 Å². The largest absolute Gasteiger partial charge is 0.383 e. The van der Waals surface area contributed by atoms with Gasteiger partial charge in [0.15, 0.2) is 0 Å². The van der Waals surface area contributed by atoms with Gasteiger partial charge in [-0.05, 0) is 24.0 Å². The molecule has 7 heteroatoms. The molecule has 0 fully saturated rings. The maximum absolute atomic E-state index is 12.3. The van der Waals surface area contributed by atoms with Gasteiger partial charge in [0.25, 0.3) is 0 Å². The summed E-state index contributed by atoms with van der Waals surface area (Å²) in [5, 5.41) is 10.9. The number of aromatic nitrogens is 4. The van der Waals surface area contributed by atoms with E-state index in [0.29, 0.717) is 31.3 Å². The van der Waals surface area contributed by atoms with E-state index in [1.54, 1.807) is 7.11 Å². The van der Waals surface area contributed by atoms with Crippen LogP contribution in [0.25, 0.3) is 10.9 Å². The van der Waals surface area contributed by atoms with E-state index in [4.69, 9.17) is 4.74 Å². The Morgan fingerprint density at radius 3 is 2.93 bits per heavy atom. The number of nitrogens with zero attached hydrogens (tertiary/aromatic N) is 3. The van der Waals surface area contributed by atoms with Crippen molar-refractivity contribution in [1.82, 2.24) is 19.7 Å². The summed E-state index contributed by atoms with van der Waals surface area (Å²) < 4.78 is 7.37. The monoisotopic (exact) mass is 369 g/mol. The Kier molecular flexibility index (Phi) is 6.24. The third-order valence-corrected chi connectivity index (χ3v) is 4.41. The SMILES string of the molecule is COCCn1cc(CCC(=O)Nc2n[nH]c(CC(C)C)n2)c2ccccc21. The molecule has 1 amide bonds. The number of fused-ring (bicyclic) bond motifs is 1. The highest BCUT2D eigenvalue weighted by Gasteiger charge is 2.12. The van der Waals surface area contributed by atoms with Crippen molar-refractivity contribution in [3.8, 4) is 0 Å². The normalized spacial score (nSPS) is 11.4. The molecule has 144 valence electrons. The molecule has 7 nitrogen and oxygen atoms in total. The van der Waals surface area contributed by atoms with Crippen LogP contribution in [0.4, 0.5) is 5.95 Å². The van der Waals surface area contributed by atoms with Crippen LogP contribution in [0.5, 0.6) is 0 Å². The third-order valence-electron chi connectivity index (χ3n) is 4.41. The topological polar surface area (TPSA) is 84.8 Å². The Morgan fingerprint density at radius 2 is 2.15 bits per heavy atom. The van der Waals surface area contributed by atoms with Crippen molar-refractivity contribution in [2.45, 2.75) is 39.7 Å². The molecule has 2 N–H and O–H groups in total. The molecule has 0 unspecified atom stereocenters. The highest BCUT2D eigenvalue weighted by Crippen LogP contribution is 2.22. The minimum atomic E-state index is -0.0844. The number of rotatable bonds is 9. The number of nitrogens with one attached hydrogen (secondary N) is 2. The lowest BCUT2D eigenvalue weighted by Gasteiger charge is -2.03. The summed E-state index contributed by atoms with van der Waals surface area (Å²) in [6, 6.07) is 8.24. The van der Waals surface area contributed by atoms with Crippen molar-refractivity contribution in [2.24, 2.45) is 5.92 Å². The van der Waals surface area contributed by atoms with E-state index in [0.717, 1.165) is 29.9 Å². The van der Waals surface area contributed by atoms with Gasteiger partial charge in [-0.3, -0.25) is 15.2 Å². The minimum Gasteiger partial charge on any atom is -0.383 e. The van der Waals surface area contributed by atoms with E-state index in [1.807, 2.05) is 12.1 Å². The molecule has 2 aromatic heterocycles. The van der Waals surface area contributed by atoms with Crippen LogP contribution < -0.4 is 5.32 Å². The molecule has 3 aromatic rings. The Hall–Kier alpha value is -2.67. The summed E-state index contributed by atoms with van der Waals surface area (Å²) in [5.74, 6) is 1.54. The van der Waals surface area contributed by atoms with Crippen LogP contribution in [0, 0.1) is 5.92 Å². The van der Waals surface area contributed by atoms with Crippen LogP contribution in [0.3, 0.4) is 0 Å². The molecule has 0 spiro atoms. The van der Waals surface area contributed by atoms with E-state index in [2.05, 4.69) is 57.2 Å². The van der Waals surface area contributed by atoms with Crippen molar-refractivity contribution in [3.63, 3.8) is 0 Å². The number of anilines is 1. The van der Waals surface area contributed by atoms with Gasteiger partial charge < -0.3 is 9.30 Å². The zero-order valence-corrected chi connectivity index (χ0v) is 16.2.